The second-order valence-corrected chi connectivity index (χ2v) is 2.70. The van der Waals surface area contributed by atoms with Crippen molar-refractivity contribution in [2.24, 2.45) is 0 Å². The molecule has 0 aliphatic heterocycles. The van der Waals surface area contributed by atoms with Crippen LogP contribution in [-0.2, 0) is 4.79 Å². The van der Waals surface area contributed by atoms with E-state index in [-0.39, 0.29) is 17.0 Å². The van der Waals surface area contributed by atoms with E-state index in [9.17, 15) is 14.3 Å². The summed E-state index contributed by atoms with van der Waals surface area (Å²) in [6, 6.07) is 2.20. The van der Waals surface area contributed by atoms with Crippen molar-refractivity contribution in [2.75, 3.05) is 12.8 Å². The van der Waals surface area contributed by atoms with E-state index in [1.54, 1.807) is 0 Å². The van der Waals surface area contributed by atoms with Crippen LogP contribution in [0.2, 0.25) is 0 Å². The van der Waals surface area contributed by atoms with E-state index in [0.717, 1.165) is 6.07 Å². The first-order valence-electron chi connectivity index (χ1n) is 3.86. The molecule has 1 aromatic carbocycles. The Labute approximate surface area is 80.1 Å². The average molecular weight is 199 g/mol. The third-order valence-corrected chi connectivity index (χ3v) is 1.81. The van der Waals surface area contributed by atoms with Gasteiger partial charge in [0.25, 0.3) is 0 Å². The van der Waals surface area contributed by atoms with Crippen molar-refractivity contribution in [3.8, 4) is 5.75 Å². The van der Waals surface area contributed by atoms with Crippen molar-refractivity contribution in [1.82, 2.24) is 0 Å². The lowest BCUT2D eigenvalue weighted by molar-refractivity contribution is -0.115. The van der Waals surface area contributed by atoms with Gasteiger partial charge in [0, 0.05) is 17.3 Å². The highest BCUT2D eigenvalue weighted by molar-refractivity contribution is 5.66. The molecule has 4 nitrogen and oxygen atoms in total. The summed E-state index contributed by atoms with van der Waals surface area (Å²) in [5.41, 5.74) is 5.56. The second kappa shape index (κ2) is 4.06. The molecule has 0 amide bonds. The van der Waals surface area contributed by atoms with Gasteiger partial charge in [-0.1, -0.05) is 0 Å². The minimum Gasteiger partial charge on any atom is -0.494 e. The van der Waals surface area contributed by atoms with E-state index < -0.39 is 11.9 Å². The molecule has 1 atom stereocenters. The maximum Gasteiger partial charge on any atom is 0.167 e. The quantitative estimate of drug-likeness (QED) is 0.553. The van der Waals surface area contributed by atoms with Gasteiger partial charge >= 0.3 is 0 Å². The summed E-state index contributed by atoms with van der Waals surface area (Å²) in [6.45, 7) is 0. The highest BCUT2D eigenvalue weighted by Gasteiger charge is 2.14. The summed E-state index contributed by atoms with van der Waals surface area (Å²) in [6.07, 6.45) is -1.05. The highest BCUT2D eigenvalue weighted by Crippen LogP contribution is 2.27. The van der Waals surface area contributed by atoms with Crippen molar-refractivity contribution in [3.05, 3.63) is 23.5 Å². The van der Waals surface area contributed by atoms with Gasteiger partial charge in [0.1, 0.15) is 6.10 Å². The molecule has 0 radical (unpaired) electrons. The number of ether oxygens (including phenoxy) is 1. The van der Waals surface area contributed by atoms with Gasteiger partial charge in [-0.15, -0.1) is 0 Å². The molecular weight excluding hydrogens is 189 g/mol. The van der Waals surface area contributed by atoms with Gasteiger partial charge < -0.3 is 20.4 Å². The van der Waals surface area contributed by atoms with Gasteiger partial charge in [0.05, 0.1) is 7.11 Å². The van der Waals surface area contributed by atoms with Crippen LogP contribution < -0.4 is 10.5 Å². The van der Waals surface area contributed by atoms with Crippen LogP contribution in [0.4, 0.5) is 10.1 Å². The number of nitrogens with two attached hydrogens (primary N) is 1. The van der Waals surface area contributed by atoms with E-state index in [1.807, 2.05) is 0 Å². The average Bonchev–Trinajstić information content (AvgIpc) is 2.17. The number of anilines is 1. The van der Waals surface area contributed by atoms with E-state index >= 15 is 0 Å². The minimum atomic E-state index is -1.36. The molecule has 0 spiro atoms. The Bertz CT molecular complexity index is 354. The normalized spacial score (nSPS) is 12.2. The van der Waals surface area contributed by atoms with E-state index in [1.165, 1.54) is 13.2 Å². The SMILES string of the molecule is COc1cc(C(O)C=O)c(N)cc1F. The number of carbonyl (C=O) groups is 1. The third-order valence-electron chi connectivity index (χ3n) is 1.81. The monoisotopic (exact) mass is 199 g/mol. The van der Waals surface area contributed by atoms with Gasteiger partial charge in [0.15, 0.2) is 17.9 Å². The first kappa shape index (κ1) is 10.5. The van der Waals surface area contributed by atoms with Gasteiger partial charge in [0.2, 0.25) is 0 Å². The van der Waals surface area contributed by atoms with Crippen LogP contribution >= 0.6 is 0 Å². The number of hydrogen-bond donors (Lipinski definition) is 2. The Morgan fingerprint density at radius 1 is 1.64 bits per heavy atom. The van der Waals surface area contributed by atoms with Crippen molar-refractivity contribution >= 4 is 12.0 Å². The molecule has 3 N–H and O–H groups in total. The minimum absolute atomic E-state index is 0.0166. The molecule has 14 heavy (non-hydrogen) atoms. The van der Waals surface area contributed by atoms with E-state index in [2.05, 4.69) is 4.74 Å². The molecule has 1 rings (SSSR count). The zero-order valence-corrected chi connectivity index (χ0v) is 7.53. The van der Waals surface area contributed by atoms with Crippen LogP contribution in [0.3, 0.4) is 0 Å². The zero-order valence-electron chi connectivity index (χ0n) is 7.53. The number of nitrogen functional groups attached to an aromatic ring is 1. The number of aliphatic hydroxyl groups is 1. The summed E-state index contributed by atoms with van der Waals surface area (Å²) in [5, 5.41) is 9.19. The Hall–Kier alpha value is -1.62. The molecule has 0 saturated carbocycles. The number of carbonyl (C=O) groups excluding carboxylic acids is 1. The molecule has 1 unspecified atom stereocenters. The molecular formula is C9H10FNO3. The number of rotatable bonds is 3. The van der Waals surface area contributed by atoms with Crippen LogP contribution in [0, 0.1) is 5.82 Å². The second-order valence-electron chi connectivity index (χ2n) is 2.70. The lowest BCUT2D eigenvalue weighted by Gasteiger charge is -2.10. The Kier molecular flexibility index (Phi) is 3.03. The third kappa shape index (κ3) is 1.82. The van der Waals surface area contributed by atoms with Crippen LogP contribution in [-0.4, -0.2) is 18.5 Å². The Morgan fingerprint density at radius 2 is 2.29 bits per heavy atom. The Balaban J connectivity index is 3.23. The highest BCUT2D eigenvalue weighted by atomic mass is 19.1. The van der Waals surface area contributed by atoms with Crippen molar-refractivity contribution in [1.29, 1.82) is 0 Å². The van der Waals surface area contributed by atoms with Crippen LogP contribution in [0.25, 0.3) is 0 Å². The topological polar surface area (TPSA) is 72.5 Å². The number of aldehydes is 1. The fraction of sp³-hybridized carbons (Fsp3) is 0.222. The molecule has 76 valence electrons. The zero-order chi connectivity index (χ0) is 10.7. The standard InChI is InChI=1S/C9H10FNO3/c1-14-9-2-5(8(13)4-12)7(11)3-6(9)10/h2-4,8,13H,11H2,1H3. The predicted molar refractivity (Wildman–Crippen MR) is 48.4 cm³/mol. The molecule has 1 aromatic rings. The van der Waals surface area contributed by atoms with Crippen LogP contribution in [0.1, 0.15) is 11.7 Å². The first-order valence-corrected chi connectivity index (χ1v) is 3.86. The lowest BCUT2D eigenvalue weighted by atomic mass is 10.1. The van der Waals surface area contributed by atoms with Gasteiger partial charge in [-0.25, -0.2) is 4.39 Å². The summed E-state index contributed by atoms with van der Waals surface area (Å²) in [7, 11) is 1.28. The maximum atomic E-state index is 13.0. The number of halogens is 1. The molecule has 0 fully saturated rings. The smallest absolute Gasteiger partial charge is 0.167 e. The maximum absolute atomic E-state index is 13.0. The fourth-order valence-corrected chi connectivity index (χ4v) is 1.07. The van der Waals surface area contributed by atoms with Crippen molar-refractivity contribution in [3.63, 3.8) is 0 Å². The van der Waals surface area contributed by atoms with Crippen molar-refractivity contribution in [2.45, 2.75) is 6.10 Å². The van der Waals surface area contributed by atoms with Crippen LogP contribution in [0.5, 0.6) is 5.75 Å². The summed E-state index contributed by atoms with van der Waals surface area (Å²) < 4.78 is 17.7. The summed E-state index contributed by atoms with van der Waals surface area (Å²) in [5.74, 6) is -0.693. The van der Waals surface area contributed by atoms with Gasteiger partial charge in [-0.05, 0) is 6.07 Å². The number of benzene rings is 1. The fourth-order valence-electron chi connectivity index (χ4n) is 1.07. The number of aliphatic hydroxyl groups excluding tert-OH is 1. The molecule has 0 aliphatic rings. The lowest BCUT2D eigenvalue weighted by Crippen LogP contribution is -2.04. The summed E-state index contributed by atoms with van der Waals surface area (Å²) >= 11 is 0. The predicted octanol–water partition coefficient (Wildman–Crippen LogP) is 0.649. The summed E-state index contributed by atoms with van der Waals surface area (Å²) in [4.78, 5) is 10.3. The number of hydrogen-bond acceptors (Lipinski definition) is 4. The molecule has 0 saturated heterocycles. The molecule has 0 aromatic heterocycles. The van der Waals surface area contributed by atoms with E-state index in [0.29, 0.717) is 6.29 Å². The largest absolute Gasteiger partial charge is 0.494 e. The molecule has 5 heteroatoms. The van der Waals surface area contributed by atoms with Gasteiger partial charge in [-0.3, -0.25) is 0 Å². The van der Waals surface area contributed by atoms with Crippen molar-refractivity contribution < 1.29 is 19.0 Å². The molecule has 0 heterocycles. The van der Waals surface area contributed by atoms with E-state index in [4.69, 9.17) is 5.73 Å². The first-order chi connectivity index (χ1) is 6.60. The number of methoxy groups -OCH3 is 1. The Morgan fingerprint density at radius 3 is 2.79 bits per heavy atom. The molecule has 0 bridgehead atoms. The van der Waals surface area contributed by atoms with Gasteiger partial charge in [-0.2, -0.15) is 0 Å². The molecule has 0 aliphatic carbocycles. The van der Waals surface area contributed by atoms with Crippen LogP contribution in [0.15, 0.2) is 12.1 Å².